The van der Waals surface area contributed by atoms with Crippen molar-refractivity contribution in [1.82, 2.24) is 15.5 Å². The number of amides is 3. The first-order chi connectivity index (χ1) is 15.2. The molecular formula is C24H41N3O5. The van der Waals surface area contributed by atoms with Crippen molar-refractivity contribution in [1.29, 1.82) is 0 Å². The van der Waals surface area contributed by atoms with Gasteiger partial charge in [-0.2, -0.15) is 0 Å². The molecule has 3 aliphatic rings. The Morgan fingerprint density at radius 1 is 1.25 bits per heavy atom. The number of ether oxygens (including phenoxy) is 1. The van der Waals surface area contributed by atoms with Gasteiger partial charge >= 0.3 is 0 Å². The van der Waals surface area contributed by atoms with Crippen LogP contribution in [0, 0.1) is 17.8 Å². The fourth-order valence-corrected chi connectivity index (χ4v) is 6.26. The van der Waals surface area contributed by atoms with Crippen molar-refractivity contribution >= 4 is 17.7 Å². The number of aliphatic hydroxyl groups is 1. The largest absolute Gasteiger partial charge is 0.396 e. The number of nitrogens with one attached hydrogen (secondary N) is 2. The van der Waals surface area contributed by atoms with E-state index >= 15 is 0 Å². The van der Waals surface area contributed by atoms with E-state index in [1.165, 1.54) is 0 Å². The topological polar surface area (TPSA) is 108 Å². The lowest BCUT2D eigenvalue weighted by atomic mass is 9.62. The lowest BCUT2D eigenvalue weighted by Gasteiger charge is -2.36. The summed E-state index contributed by atoms with van der Waals surface area (Å²) in [5.74, 6) is -1.75. The Labute approximate surface area is 191 Å². The van der Waals surface area contributed by atoms with Crippen LogP contribution in [0.5, 0.6) is 0 Å². The van der Waals surface area contributed by atoms with Crippen molar-refractivity contribution in [2.24, 2.45) is 17.8 Å². The summed E-state index contributed by atoms with van der Waals surface area (Å²) in [6.45, 7) is 11.0. The van der Waals surface area contributed by atoms with Crippen LogP contribution in [0.25, 0.3) is 0 Å². The standard InChI is InChI=1S/C24H41N3O5/c1-6-10-16(4)26-21(30)19-24-14-15(3)23(5,32-24)17(20(29)25-11-7-2)18(24)22(31)27(19)12-8-9-13-28/h15-19,28H,6-14H2,1-5H3,(H,25,29)(H,26,30)/t15?,16?,17-,18-,19?,23+,24?/m0/s1. The highest BCUT2D eigenvalue weighted by atomic mass is 16.5. The molecule has 0 radical (unpaired) electrons. The van der Waals surface area contributed by atoms with E-state index in [4.69, 9.17) is 4.74 Å². The number of unbranched alkanes of at least 4 members (excludes halogenated alkanes) is 1. The van der Waals surface area contributed by atoms with Crippen molar-refractivity contribution in [3.8, 4) is 0 Å². The molecule has 3 amide bonds. The maximum atomic E-state index is 13.8. The second-order valence-electron chi connectivity index (χ2n) is 10.2. The van der Waals surface area contributed by atoms with Crippen LogP contribution in [-0.4, -0.2) is 70.7 Å². The van der Waals surface area contributed by atoms with Gasteiger partial charge in [0, 0.05) is 25.7 Å². The molecule has 7 atom stereocenters. The molecule has 0 aromatic heterocycles. The monoisotopic (exact) mass is 451 g/mol. The Hall–Kier alpha value is -1.67. The van der Waals surface area contributed by atoms with Crippen LogP contribution in [0.4, 0.5) is 0 Å². The van der Waals surface area contributed by atoms with Crippen LogP contribution in [-0.2, 0) is 19.1 Å². The summed E-state index contributed by atoms with van der Waals surface area (Å²) in [5, 5.41) is 15.3. The number of rotatable bonds is 11. The van der Waals surface area contributed by atoms with Crippen LogP contribution in [0.15, 0.2) is 0 Å². The molecule has 0 saturated carbocycles. The minimum absolute atomic E-state index is 0.00685. The van der Waals surface area contributed by atoms with Gasteiger partial charge in [-0.15, -0.1) is 0 Å². The van der Waals surface area contributed by atoms with E-state index in [-0.39, 0.29) is 36.3 Å². The molecule has 0 aromatic rings. The van der Waals surface area contributed by atoms with Gasteiger partial charge in [-0.05, 0) is 51.9 Å². The minimum Gasteiger partial charge on any atom is -0.396 e. The Morgan fingerprint density at radius 3 is 2.59 bits per heavy atom. The number of aliphatic hydroxyl groups excluding tert-OH is 1. The highest BCUT2D eigenvalue weighted by Gasteiger charge is 2.79. The van der Waals surface area contributed by atoms with Gasteiger partial charge in [0.1, 0.15) is 11.6 Å². The van der Waals surface area contributed by atoms with E-state index < -0.39 is 29.1 Å². The number of fused-ring (bicyclic) bond motifs is 1. The zero-order chi connectivity index (χ0) is 23.7. The molecule has 3 rings (SSSR count). The van der Waals surface area contributed by atoms with Crippen LogP contribution in [0.2, 0.25) is 0 Å². The van der Waals surface area contributed by atoms with Crippen molar-refractivity contribution in [2.75, 3.05) is 19.7 Å². The molecule has 3 aliphatic heterocycles. The van der Waals surface area contributed by atoms with Crippen molar-refractivity contribution in [3.05, 3.63) is 0 Å². The maximum Gasteiger partial charge on any atom is 0.246 e. The lowest BCUT2D eigenvalue weighted by Crippen LogP contribution is -2.57. The molecule has 8 heteroatoms. The average molecular weight is 452 g/mol. The normalized spacial score (nSPS) is 36.3. The predicted molar refractivity (Wildman–Crippen MR) is 121 cm³/mol. The highest BCUT2D eigenvalue weighted by molar-refractivity contribution is 5.99. The summed E-state index contributed by atoms with van der Waals surface area (Å²) < 4.78 is 6.65. The SMILES string of the molecule is CCCNC(=O)[C@@H]1[C@H]2C(=O)N(CCCCO)C(C(=O)NC(C)CCC)C23CC(C)[C@@]1(C)O3. The van der Waals surface area contributed by atoms with Gasteiger partial charge in [0.15, 0.2) is 0 Å². The average Bonchev–Trinajstić information content (AvgIpc) is 3.23. The van der Waals surface area contributed by atoms with Gasteiger partial charge in [-0.1, -0.05) is 27.2 Å². The Kier molecular flexibility index (Phi) is 7.55. The Bertz CT molecular complexity index is 730. The summed E-state index contributed by atoms with van der Waals surface area (Å²) >= 11 is 0. The first-order valence-electron chi connectivity index (χ1n) is 12.4. The quantitative estimate of drug-likeness (QED) is 0.414. The van der Waals surface area contributed by atoms with Crippen molar-refractivity contribution in [2.45, 2.75) is 96.4 Å². The first kappa shape index (κ1) is 25.0. The van der Waals surface area contributed by atoms with Gasteiger partial charge in [0.25, 0.3) is 0 Å². The smallest absolute Gasteiger partial charge is 0.246 e. The van der Waals surface area contributed by atoms with Crippen molar-refractivity contribution < 1.29 is 24.2 Å². The van der Waals surface area contributed by atoms with Gasteiger partial charge in [-0.25, -0.2) is 0 Å². The van der Waals surface area contributed by atoms with Gasteiger partial charge in [-0.3, -0.25) is 14.4 Å². The number of likely N-dealkylation sites (tertiary alicyclic amines) is 1. The third-order valence-corrected chi connectivity index (χ3v) is 7.81. The molecule has 0 aliphatic carbocycles. The molecule has 1 spiro atoms. The molecule has 32 heavy (non-hydrogen) atoms. The molecule has 8 nitrogen and oxygen atoms in total. The molecule has 4 unspecified atom stereocenters. The molecule has 3 saturated heterocycles. The van der Waals surface area contributed by atoms with E-state index in [2.05, 4.69) is 24.5 Å². The number of nitrogens with zero attached hydrogens (tertiary/aromatic N) is 1. The molecule has 2 bridgehead atoms. The maximum absolute atomic E-state index is 13.8. The van der Waals surface area contributed by atoms with Gasteiger partial charge < -0.3 is 25.4 Å². The summed E-state index contributed by atoms with van der Waals surface area (Å²) in [6, 6.07) is -0.765. The minimum atomic E-state index is -0.991. The third kappa shape index (κ3) is 3.94. The second-order valence-corrected chi connectivity index (χ2v) is 10.2. The van der Waals surface area contributed by atoms with Gasteiger partial charge in [0.2, 0.25) is 17.7 Å². The van der Waals surface area contributed by atoms with Crippen LogP contribution >= 0.6 is 0 Å². The number of carbonyl (C=O) groups excluding carboxylic acids is 3. The number of carbonyl (C=O) groups is 3. The third-order valence-electron chi connectivity index (χ3n) is 7.81. The fraction of sp³-hybridized carbons (Fsp3) is 0.875. The van der Waals surface area contributed by atoms with E-state index in [0.29, 0.717) is 32.4 Å². The number of hydrogen-bond donors (Lipinski definition) is 3. The Morgan fingerprint density at radius 2 is 1.97 bits per heavy atom. The lowest BCUT2D eigenvalue weighted by molar-refractivity contribution is -0.147. The highest BCUT2D eigenvalue weighted by Crippen LogP contribution is 2.65. The van der Waals surface area contributed by atoms with E-state index in [0.717, 1.165) is 19.3 Å². The zero-order valence-electron chi connectivity index (χ0n) is 20.3. The van der Waals surface area contributed by atoms with E-state index in [9.17, 15) is 19.5 Å². The summed E-state index contributed by atoms with van der Waals surface area (Å²) in [7, 11) is 0. The molecule has 3 N–H and O–H groups in total. The zero-order valence-corrected chi connectivity index (χ0v) is 20.3. The number of hydrogen-bond acceptors (Lipinski definition) is 5. The van der Waals surface area contributed by atoms with Crippen molar-refractivity contribution in [3.63, 3.8) is 0 Å². The second kappa shape index (κ2) is 9.67. The van der Waals surface area contributed by atoms with Crippen LogP contribution in [0.3, 0.4) is 0 Å². The Balaban J connectivity index is 1.98. The summed E-state index contributed by atoms with van der Waals surface area (Å²) in [5.41, 5.74) is -1.77. The molecule has 3 fully saturated rings. The molecule has 3 heterocycles. The summed E-state index contributed by atoms with van der Waals surface area (Å²) in [6.07, 6.45) is 4.34. The molecule has 0 aromatic carbocycles. The van der Waals surface area contributed by atoms with E-state index in [1.807, 2.05) is 20.8 Å². The predicted octanol–water partition coefficient (Wildman–Crippen LogP) is 1.60. The molecule has 182 valence electrons. The summed E-state index contributed by atoms with van der Waals surface area (Å²) in [4.78, 5) is 42.2. The molecular weight excluding hydrogens is 410 g/mol. The van der Waals surface area contributed by atoms with Crippen LogP contribution in [0.1, 0.15) is 73.1 Å². The van der Waals surface area contributed by atoms with Crippen LogP contribution < -0.4 is 10.6 Å². The van der Waals surface area contributed by atoms with E-state index in [1.54, 1.807) is 4.90 Å². The van der Waals surface area contributed by atoms with Gasteiger partial charge in [0.05, 0.1) is 17.4 Å². The fourth-order valence-electron chi connectivity index (χ4n) is 6.26. The first-order valence-corrected chi connectivity index (χ1v) is 12.4.